The molecule has 1 aliphatic rings. The first-order chi connectivity index (χ1) is 13.1. The number of anilines is 1. The third kappa shape index (κ3) is 4.17. The minimum absolute atomic E-state index is 0.0490. The highest BCUT2D eigenvalue weighted by molar-refractivity contribution is 9.10. The number of nitrogens with zero attached hydrogens (tertiary/aromatic N) is 2. The van der Waals surface area contributed by atoms with E-state index in [0.29, 0.717) is 10.6 Å². The SMILES string of the molecule is O=C(NC1CCN(c2cc(-c3ccc(Cl)cc3)[nH]n2)C1)c1cccc(Br)c1. The van der Waals surface area contributed by atoms with Crippen LogP contribution in [0.5, 0.6) is 0 Å². The fourth-order valence-electron chi connectivity index (χ4n) is 3.24. The van der Waals surface area contributed by atoms with Crippen molar-refractivity contribution in [2.75, 3.05) is 18.0 Å². The Morgan fingerprint density at radius 3 is 2.81 bits per heavy atom. The minimum Gasteiger partial charge on any atom is -0.353 e. The number of halogens is 2. The van der Waals surface area contributed by atoms with E-state index in [0.717, 1.165) is 41.1 Å². The molecule has 4 rings (SSSR count). The van der Waals surface area contributed by atoms with Gasteiger partial charge >= 0.3 is 0 Å². The third-order valence-corrected chi connectivity index (χ3v) is 5.40. The highest BCUT2D eigenvalue weighted by atomic mass is 79.9. The Morgan fingerprint density at radius 1 is 1.22 bits per heavy atom. The Bertz CT molecular complexity index is 957. The summed E-state index contributed by atoms with van der Waals surface area (Å²) in [6, 6.07) is 17.2. The molecule has 0 spiro atoms. The van der Waals surface area contributed by atoms with Crippen molar-refractivity contribution in [3.8, 4) is 11.3 Å². The van der Waals surface area contributed by atoms with Crippen LogP contribution in [0.3, 0.4) is 0 Å². The monoisotopic (exact) mass is 444 g/mol. The summed E-state index contributed by atoms with van der Waals surface area (Å²) >= 11 is 9.35. The molecule has 1 amide bonds. The van der Waals surface area contributed by atoms with Gasteiger partial charge in [-0.25, -0.2) is 0 Å². The standard InChI is InChI=1S/C20H18BrClN4O/c21-15-3-1-2-14(10-15)20(27)23-17-8-9-26(12-17)19-11-18(24-25-19)13-4-6-16(22)7-5-13/h1-7,10-11,17H,8-9,12H2,(H,23,27)(H,24,25). The number of rotatable bonds is 4. The topological polar surface area (TPSA) is 61.0 Å². The van der Waals surface area contributed by atoms with Gasteiger partial charge < -0.3 is 10.2 Å². The average Bonchev–Trinajstić information content (AvgIpc) is 3.32. The molecule has 7 heteroatoms. The molecule has 1 fully saturated rings. The second-order valence-corrected chi connectivity index (χ2v) is 7.91. The summed E-state index contributed by atoms with van der Waals surface area (Å²) in [6.45, 7) is 1.60. The van der Waals surface area contributed by atoms with Crippen LogP contribution in [0.2, 0.25) is 5.02 Å². The zero-order valence-corrected chi connectivity index (χ0v) is 16.8. The Hall–Kier alpha value is -2.31. The summed E-state index contributed by atoms with van der Waals surface area (Å²) in [4.78, 5) is 14.6. The first kappa shape index (κ1) is 18.1. The number of hydrogen-bond acceptors (Lipinski definition) is 3. The summed E-state index contributed by atoms with van der Waals surface area (Å²) in [5.41, 5.74) is 2.65. The number of hydrogen-bond donors (Lipinski definition) is 2. The lowest BCUT2D eigenvalue weighted by atomic mass is 10.1. The maximum absolute atomic E-state index is 12.4. The van der Waals surface area contributed by atoms with Gasteiger partial charge in [-0.2, -0.15) is 5.10 Å². The molecule has 1 aromatic heterocycles. The van der Waals surface area contributed by atoms with E-state index in [-0.39, 0.29) is 11.9 Å². The molecule has 5 nitrogen and oxygen atoms in total. The summed E-state index contributed by atoms with van der Waals surface area (Å²) < 4.78 is 0.898. The number of carbonyl (C=O) groups excluding carboxylic acids is 1. The van der Waals surface area contributed by atoms with Gasteiger partial charge in [-0.1, -0.05) is 45.7 Å². The van der Waals surface area contributed by atoms with E-state index in [2.05, 4.69) is 36.3 Å². The fraction of sp³-hybridized carbons (Fsp3) is 0.200. The first-order valence-corrected chi connectivity index (χ1v) is 9.88. The Kier molecular flexibility index (Phi) is 5.18. The van der Waals surface area contributed by atoms with Crippen LogP contribution in [0.25, 0.3) is 11.3 Å². The quantitative estimate of drug-likeness (QED) is 0.621. The number of benzene rings is 2. The van der Waals surface area contributed by atoms with Gasteiger partial charge in [-0.15, -0.1) is 0 Å². The molecule has 2 heterocycles. The molecule has 3 aromatic rings. The molecule has 2 aromatic carbocycles. The molecule has 0 aliphatic carbocycles. The van der Waals surface area contributed by atoms with E-state index in [1.165, 1.54) is 0 Å². The first-order valence-electron chi connectivity index (χ1n) is 8.71. The lowest BCUT2D eigenvalue weighted by molar-refractivity contribution is 0.0940. The number of amides is 1. The molecule has 0 bridgehead atoms. The molecule has 1 atom stereocenters. The molecule has 0 radical (unpaired) electrons. The molecule has 1 saturated heterocycles. The van der Waals surface area contributed by atoms with Crippen LogP contribution >= 0.6 is 27.5 Å². The van der Waals surface area contributed by atoms with Crippen molar-refractivity contribution in [1.29, 1.82) is 0 Å². The van der Waals surface area contributed by atoms with Crippen LogP contribution in [-0.4, -0.2) is 35.2 Å². The van der Waals surface area contributed by atoms with Crippen LogP contribution in [0.15, 0.2) is 59.1 Å². The van der Waals surface area contributed by atoms with Crippen molar-refractivity contribution in [3.63, 3.8) is 0 Å². The molecular weight excluding hydrogens is 428 g/mol. The Morgan fingerprint density at radius 2 is 2.04 bits per heavy atom. The van der Waals surface area contributed by atoms with E-state index in [4.69, 9.17) is 11.6 Å². The highest BCUT2D eigenvalue weighted by Crippen LogP contribution is 2.25. The fourth-order valence-corrected chi connectivity index (χ4v) is 3.76. The lowest BCUT2D eigenvalue weighted by Crippen LogP contribution is -2.37. The number of aromatic nitrogens is 2. The van der Waals surface area contributed by atoms with Crippen molar-refractivity contribution < 1.29 is 4.79 Å². The van der Waals surface area contributed by atoms with Gasteiger partial charge in [-0.3, -0.25) is 9.89 Å². The van der Waals surface area contributed by atoms with Crippen LogP contribution in [0.4, 0.5) is 5.82 Å². The molecule has 27 heavy (non-hydrogen) atoms. The van der Waals surface area contributed by atoms with Gasteiger partial charge in [0.25, 0.3) is 5.91 Å². The summed E-state index contributed by atoms with van der Waals surface area (Å²) in [5, 5.41) is 11.3. The van der Waals surface area contributed by atoms with E-state index >= 15 is 0 Å². The largest absolute Gasteiger partial charge is 0.353 e. The second kappa shape index (κ2) is 7.74. The van der Waals surface area contributed by atoms with Gasteiger partial charge in [0, 0.05) is 40.3 Å². The third-order valence-electron chi connectivity index (χ3n) is 4.65. The lowest BCUT2D eigenvalue weighted by Gasteiger charge is -2.16. The van der Waals surface area contributed by atoms with Crippen LogP contribution in [0, 0.1) is 0 Å². The molecule has 1 unspecified atom stereocenters. The number of nitrogens with one attached hydrogen (secondary N) is 2. The van der Waals surface area contributed by atoms with Gasteiger partial charge in [0.05, 0.1) is 5.69 Å². The van der Waals surface area contributed by atoms with Crippen molar-refractivity contribution in [3.05, 3.63) is 69.7 Å². The zero-order valence-electron chi connectivity index (χ0n) is 14.5. The summed E-state index contributed by atoms with van der Waals surface area (Å²) in [7, 11) is 0. The number of aromatic amines is 1. The highest BCUT2D eigenvalue weighted by Gasteiger charge is 2.26. The van der Waals surface area contributed by atoms with Gasteiger partial charge in [0.2, 0.25) is 0 Å². The summed E-state index contributed by atoms with van der Waals surface area (Å²) in [5.74, 6) is 0.839. The number of carbonyl (C=O) groups is 1. The predicted octanol–water partition coefficient (Wildman–Crippen LogP) is 4.50. The molecule has 1 aliphatic heterocycles. The van der Waals surface area contributed by atoms with Crippen molar-refractivity contribution >= 4 is 39.3 Å². The van der Waals surface area contributed by atoms with E-state index in [1.54, 1.807) is 0 Å². The minimum atomic E-state index is -0.0490. The Balaban J connectivity index is 1.40. The predicted molar refractivity (Wildman–Crippen MR) is 111 cm³/mol. The van der Waals surface area contributed by atoms with Crippen molar-refractivity contribution in [1.82, 2.24) is 15.5 Å². The molecular formula is C20H18BrClN4O. The van der Waals surface area contributed by atoms with Gasteiger partial charge in [0.15, 0.2) is 5.82 Å². The van der Waals surface area contributed by atoms with Crippen LogP contribution in [0.1, 0.15) is 16.8 Å². The second-order valence-electron chi connectivity index (χ2n) is 6.56. The van der Waals surface area contributed by atoms with E-state index in [9.17, 15) is 4.79 Å². The molecule has 2 N–H and O–H groups in total. The Labute approximate surface area is 170 Å². The van der Waals surface area contributed by atoms with E-state index in [1.807, 2.05) is 54.6 Å². The van der Waals surface area contributed by atoms with Gasteiger partial charge in [0.1, 0.15) is 0 Å². The van der Waals surface area contributed by atoms with E-state index < -0.39 is 0 Å². The average molecular weight is 446 g/mol. The summed E-state index contributed by atoms with van der Waals surface area (Å²) in [6.07, 6.45) is 0.892. The molecule has 0 saturated carbocycles. The number of H-pyrrole nitrogens is 1. The normalized spacial score (nSPS) is 16.5. The van der Waals surface area contributed by atoms with Crippen LogP contribution in [-0.2, 0) is 0 Å². The van der Waals surface area contributed by atoms with Crippen LogP contribution < -0.4 is 10.2 Å². The van der Waals surface area contributed by atoms with Crippen molar-refractivity contribution in [2.24, 2.45) is 0 Å². The van der Waals surface area contributed by atoms with Crippen molar-refractivity contribution in [2.45, 2.75) is 12.5 Å². The molecule has 138 valence electrons. The van der Waals surface area contributed by atoms with Gasteiger partial charge in [-0.05, 0) is 42.3 Å². The maximum atomic E-state index is 12.4. The zero-order chi connectivity index (χ0) is 18.8. The smallest absolute Gasteiger partial charge is 0.251 e. The maximum Gasteiger partial charge on any atom is 0.251 e.